The largest absolute Gasteiger partial charge is 0.351 e. The molecule has 1 N–H and O–H groups in total. The van der Waals surface area contributed by atoms with Gasteiger partial charge in [0.1, 0.15) is 0 Å². The second-order valence-electron chi connectivity index (χ2n) is 6.60. The molecule has 7 heteroatoms. The summed E-state index contributed by atoms with van der Waals surface area (Å²) in [6, 6.07) is 5.06. The number of carbonyl (C=O) groups is 1. The Morgan fingerprint density at radius 3 is 2.71 bits per heavy atom. The van der Waals surface area contributed by atoms with Crippen molar-refractivity contribution < 1.29 is 4.79 Å². The Kier molecular flexibility index (Phi) is 5.93. The van der Waals surface area contributed by atoms with E-state index in [0.29, 0.717) is 27.6 Å². The van der Waals surface area contributed by atoms with Crippen LogP contribution < -0.4 is 10.9 Å². The third-order valence-electron chi connectivity index (χ3n) is 3.18. The highest BCUT2D eigenvalue weighted by molar-refractivity contribution is 7.99. The monoisotopic (exact) mass is 367 g/mol. The highest BCUT2D eigenvalue weighted by atomic mass is 35.5. The highest BCUT2D eigenvalue weighted by Gasteiger charge is 2.16. The summed E-state index contributed by atoms with van der Waals surface area (Å²) in [4.78, 5) is 29.3. The fourth-order valence-electron chi connectivity index (χ4n) is 2.29. The first-order chi connectivity index (χ1) is 11.2. The number of fused-ring (bicyclic) bond motifs is 1. The molecule has 0 saturated carbocycles. The van der Waals surface area contributed by atoms with Crippen molar-refractivity contribution in [2.24, 2.45) is 0 Å². The van der Waals surface area contributed by atoms with Crippen molar-refractivity contribution in [3.8, 4) is 0 Å². The van der Waals surface area contributed by atoms with Gasteiger partial charge >= 0.3 is 0 Å². The summed E-state index contributed by atoms with van der Waals surface area (Å²) in [5, 5.41) is 4.52. The predicted molar refractivity (Wildman–Crippen MR) is 99.9 cm³/mol. The molecular formula is C17H22ClN3O2S. The lowest BCUT2D eigenvalue weighted by Crippen LogP contribution is -2.41. The zero-order valence-electron chi connectivity index (χ0n) is 14.4. The maximum Gasteiger partial charge on any atom is 0.262 e. The van der Waals surface area contributed by atoms with Crippen LogP contribution in [0.5, 0.6) is 0 Å². The molecule has 0 aliphatic carbocycles. The molecule has 130 valence electrons. The van der Waals surface area contributed by atoms with Crippen LogP contribution in [0.2, 0.25) is 5.02 Å². The number of nitrogens with zero attached hydrogens (tertiary/aromatic N) is 2. The number of hydrogen-bond donors (Lipinski definition) is 1. The van der Waals surface area contributed by atoms with E-state index < -0.39 is 0 Å². The molecule has 5 nitrogen and oxygen atoms in total. The van der Waals surface area contributed by atoms with Crippen molar-refractivity contribution in [3.05, 3.63) is 33.6 Å². The minimum absolute atomic E-state index is 0.0870. The molecule has 1 heterocycles. The van der Waals surface area contributed by atoms with E-state index in [-0.39, 0.29) is 22.8 Å². The van der Waals surface area contributed by atoms with Gasteiger partial charge in [0.2, 0.25) is 5.91 Å². The number of thioether (sulfide) groups is 1. The molecule has 0 fully saturated rings. The number of aromatic nitrogens is 2. The molecule has 24 heavy (non-hydrogen) atoms. The van der Waals surface area contributed by atoms with E-state index in [0.717, 1.165) is 6.42 Å². The Labute approximate surface area is 150 Å². The molecule has 0 radical (unpaired) electrons. The van der Waals surface area contributed by atoms with E-state index in [9.17, 15) is 9.59 Å². The van der Waals surface area contributed by atoms with Crippen molar-refractivity contribution in [2.75, 3.05) is 5.75 Å². The Morgan fingerprint density at radius 2 is 2.08 bits per heavy atom. The van der Waals surface area contributed by atoms with Gasteiger partial charge in [-0.3, -0.25) is 14.2 Å². The van der Waals surface area contributed by atoms with Crippen LogP contribution in [0.15, 0.2) is 28.2 Å². The SMILES string of the molecule is CCCn1c(SCC(=O)NC(C)(C)C)nc2cc(Cl)ccc2c1=O. The van der Waals surface area contributed by atoms with Gasteiger partial charge in [-0.25, -0.2) is 4.98 Å². The maximum atomic E-state index is 12.7. The number of benzene rings is 1. The molecule has 2 rings (SSSR count). The minimum atomic E-state index is -0.287. The molecule has 1 amide bonds. The summed E-state index contributed by atoms with van der Waals surface area (Å²) < 4.78 is 1.63. The topological polar surface area (TPSA) is 64.0 Å². The van der Waals surface area contributed by atoms with Crippen molar-refractivity contribution in [2.45, 2.75) is 51.4 Å². The number of amides is 1. The van der Waals surface area contributed by atoms with E-state index in [1.807, 2.05) is 27.7 Å². The van der Waals surface area contributed by atoms with Gasteiger partial charge in [0, 0.05) is 17.1 Å². The molecular weight excluding hydrogens is 346 g/mol. The Bertz CT molecular complexity index is 812. The molecule has 0 bridgehead atoms. The highest BCUT2D eigenvalue weighted by Crippen LogP contribution is 2.20. The lowest BCUT2D eigenvalue weighted by Gasteiger charge is -2.20. The molecule has 0 saturated heterocycles. The third-order valence-corrected chi connectivity index (χ3v) is 4.39. The summed E-state index contributed by atoms with van der Waals surface area (Å²) in [7, 11) is 0. The second-order valence-corrected chi connectivity index (χ2v) is 7.98. The fraction of sp³-hybridized carbons (Fsp3) is 0.471. The lowest BCUT2D eigenvalue weighted by atomic mass is 10.1. The van der Waals surface area contributed by atoms with Gasteiger partial charge in [0.15, 0.2) is 5.16 Å². The minimum Gasteiger partial charge on any atom is -0.351 e. The molecule has 0 spiro atoms. The van der Waals surface area contributed by atoms with Gasteiger partial charge in [0.25, 0.3) is 5.56 Å². The first kappa shape index (κ1) is 18.8. The van der Waals surface area contributed by atoms with Crippen LogP contribution >= 0.6 is 23.4 Å². The van der Waals surface area contributed by atoms with Gasteiger partial charge < -0.3 is 5.32 Å². The Hall–Kier alpha value is -1.53. The normalized spacial score (nSPS) is 11.7. The summed E-state index contributed by atoms with van der Waals surface area (Å²) in [6.07, 6.45) is 0.808. The summed E-state index contributed by atoms with van der Waals surface area (Å²) in [5.74, 6) is 0.121. The summed E-state index contributed by atoms with van der Waals surface area (Å²) >= 11 is 7.27. The number of nitrogens with one attached hydrogen (secondary N) is 1. The molecule has 1 aromatic carbocycles. The third kappa shape index (κ3) is 4.74. The average Bonchev–Trinajstić information content (AvgIpc) is 2.46. The zero-order valence-corrected chi connectivity index (χ0v) is 15.9. The maximum absolute atomic E-state index is 12.7. The van der Waals surface area contributed by atoms with E-state index in [4.69, 9.17) is 11.6 Å². The standard InChI is InChI=1S/C17H22ClN3O2S/c1-5-8-21-15(23)12-7-6-11(18)9-13(12)19-16(21)24-10-14(22)20-17(2,3)4/h6-7,9H,5,8,10H2,1-4H3,(H,20,22). The van der Waals surface area contributed by atoms with Crippen LogP contribution in [0.25, 0.3) is 10.9 Å². The van der Waals surface area contributed by atoms with Crippen molar-refractivity contribution >= 4 is 40.2 Å². The van der Waals surface area contributed by atoms with Crippen molar-refractivity contribution in [3.63, 3.8) is 0 Å². The Morgan fingerprint density at radius 1 is 1.38 bits per heavy atom. The lowest BCUT2D eigenvalue weighted by molar-refractivity contribution is -0.119. The van der Waals surface area contributed by atoms with Crippen molar-refractivity contribution in [1.82, 2.24) is 14.9 Å². The van der Waals surface area contributed by atoms with Gasteiger partial charge in [0.05, 0.1) is 16.7 Å². The van der Waals surface area contributed by atoms with E-state index in [1.165, 1.54) is 11.8 Å². The number of hydrogen-bond acceptors (Lipinski definition) is 4. The molecule has 0 aliphatic heterocycles. The van der Waals surface area contributed by atoms with Crippen LogP contribution in [0.3, 0.4) is 0 Å². The van der Waals surface area contributed by atoms with Crippen LogP contribution in [0.4, 0.5) is 0 Å². The fourth-order valence-corrected chi connectivity index (χ4v) is 3.28. The Balaban J connectivity index is 2.35. The molecule has 2 aromatic rings. The average molecular weight is 368 g/mol. The van der Waals surface area contributed by atoms with Crippen LogP contribution in [-0.2, 0) is 11.3 Å². The van der Waals surface area contributed by atoms with Gasteiger partial charge in [-0.15, -0.1) is 0 Å². The number of rotatable bonds is 5. The van der Waals surface area contributed by atoms with Crippen LogP contribution in [0, 0.1) is 0 Å². The summed E-state index contributed by atoms with van der Waals surface area (Å²) in [5.41, 5.74) is 0.168. The molecule has 0 aliphatic rings. The predicted octanol–water partition coefficient (Wildman–Crippen LogP) is 3.47. The first-order valence-electron chi connectivity index (χ1n) is 7.85. The summed E-state index contributed by atoms with van der Waals surface area (Å²) in [6.45, 7) is 8.35. The smallest absolute Gasteiger partial charge is 0.262 e. The zero-order chi connectivity index (χ0) is 17.9. The number of halogens is 1. The first-order valence-corrected chi connectivity index (χ1v) is 9.21. The van der Waals surface area contributed by atoms with Crippen molar-refractivity contribution in [1.29, 1.82) is 0 Å². The quantitative estimate of drug-likeness (QED) is 0.649. The van der Waals surface area contributed by atoms with Gasteiger partial charge in [-0.05, 0) is 45.4 Å². The second kappa shape index (κ2) is 7.57. The van der Waals surface area contributed by atoms with E-state index in [1.54, 1.807) is 22.8 Å². The van der Waals surface area contributed by atoms with E-state index >= 15 is 0 Å². The van der Waals surface area contributed by atoms with Crippen LogP contribution in [-0.4, -0.2) is 26.8 Å². The molecule has 0 atom stereocenters. The van der Waals surface area contributed by atoms with Crippen LogP contribution in [0.1, 0.15) is 34.1 Å². The van der Waals surface area contributed by atoms with Gasteiger partial charge in [-0.2, -0.15) is 0 Å². The molecule has 0 unspecified atom stereocenters. The number of carbonyl (C=O) groups excluding carboxylic acids is 1. The van der Waals surface area contributed by atoms with Gasteiger partial charge in [-0.1, -0.05) is 30.3 Å². The van der Waals surface area contributed by atoms with E-state index in [2.05, 4.69) is 10.3 Å². The molecule has 1 aromatic heterocycles.